The van der Waals surface area contributed by atoms with Crippen LogP contribution in [0, 0.1) is 0 Å². The summed E-state index contributed by atoms with van der Waals surface area (Å²) in [7, 11) is 1.14. The molecule has 2 aromatic rings. The Labute approximate surface area is 190 Å². The van der Waals surface area contributed by atoms with E-state index >= 15 is 0 Å². The molecule has 2 aromatic carbocycles. The first-order valence-electron chi connectivity index (χ1n) is 10.2. The van der Waals surface area contributed by atoms with Crippen LogP contribution < -0.4 is 4.74 Å². The molecule has 0 aromatic heterocycles. The van der Waals surface area contributed by atoms with Gasteiger partial charge in [0.2, 0.25) is 11.4 Å². The Morgan fingerprint density at radius 3 is 2.53 bits per heavy atom. The van der Waals surface area contributed by atoms with Gasteiger partial charge in [0.1, 0.15) is 24.1 Å². The Morgan fingerprint density at radius 1 is 1.16 bits per heavy atom. The van der Waals surface area contributed by atoms with Gasteiger partial charge in [0.25, 0.3) is 0 Å². The maximum absolute atomic E-state index is 12.4. The van der Waals surface area contributed by atoms with Crippen molar-refractivity contribution in [3.05, 3.63) is 64.2 Å². The molecule has 0 spiro atoms. The lowest BCUT2D eigenvalue weighted by molar-refractivity contribution is -0.322. The topological polar surface area (TPSA) is 115 Å². The number of methoxy groups -OCH3 is 1. The van der Waals surface area contributed by atoms with Gasteiger partial charge in [-0.1, -0.05) is 29.8 Å². The Balaban J connectivity index is 1.68. The first kappa shape index (κ1) is 23.0. The predicted molar refractivity (Wildman–Crippen MR) is 113 cm³/mol. The summed E-state index contributed by atoms with van der Waals surface area (Å²) in [6, 6.07) is 12.5. The number of esters is 1. The zero-order chi connectivity index (χ0) is 23.1. The Hall–Kier alpha value is -2.20. The molecule has 0 aliphatic carbocycles. The summed E-state index contributed by atoms with van der Waals surface area (Å²) < 4.78 is 21.9. The molecule has 0 saturated carbocycles. The van der Waals surface area contributed by atoms with Crippen molar-refractivity contribution in [3.8, 4) is 5.75 Å². The number of halogens is 1. The molecule has 2 fully saturated rings. The molecule has 0 amide bonds. The summed E-state index contributed by atoms with van der Waals surface area (Å²) in [5.74, 6) is -2.01. The number of hydrogen-bond donors (Lipinski definition) is 3. The van der Waals surface area contributed by atoms with Gasteiger partial charge in [0, 0.05) is 10.6 Å². The molecule has 2 bridgehead atoms. The predicted octanol–water partition coefficient (Wildman–Crippen LogP) is 1.54. The van der Waals surface area contributed by atoms with E-state index in [0.29, 0.717) is 23.6 Å². The first-order chi connectivity index (χ1) is 15.3. The molecule has 3 N–H and O–H groups in total. The van der Waals surface area contributed by atoms with Crippen molar-refractivity contribution in [3.63, 3.8) is 0 Å². The highest BCUT2D eigenvalue weighted by Gasteiger charge is 2.70. The van der Waals surface area contributed by atoms with Gasteiger partial charge >= 0.3 is 5.97 Å². The smallest absolute Gasteiger partial charge is 0.343 e. The fraction of sp³-hybridized carbons (Fsp3) is 0.435. The van der Waals surface area contributed by atoms with Crippen molar-refractivity contribution < 1.29 is 39.1 Å². The lowest BCUT2D eigenvalue weighted by Crippen LogP contribution is -2.67. The van der Waals surface area contributed by atoms with Crippen LogP contribution in [0.25, 0.3) is 0 Å². The van der Waals surface area contributed by atoms with Gasteiger partial charge in [-0.3, -0.25) is 0 Å². The third-order valence-corrected chi connectivity index (χ3v) is 6.33. The molecule has 2 heterocycles. The number of carbonyl (C=O) groups is 1. The van der Waals surface area contributed by atoms with Crippen molar-refractivity contribution in [2.75, 3.05) is 20.3 Å². The van der Waals surface area contributed by atoms with Gasteiger partial charge < -0.3 is 34.3 Å². The fourth-order valence-electron chi connectivity index (χ4n) is 4.23. The van der Waals surface area contributed by atoms with Gasteiger partial charge in [-0.2, -0.15) is 0 Å². The summed E-state index contributed by atoms with van der Waals surface area (Å²) in [6.07, 6.45) is -4.61. The quantitative estimate of drug-likeness (QED) is 0.551. The van der Waals surface area contributed by atoms with Crippen LogP contribution in [0.2, 0.25) is 5.02 Å². The molecular weight excluding hydrogens is 440 g/mol. The van der Waals surface area contributed by atoms with E-state index in [4.69, 9.17) is 30.5 Å². The lowest BCUT2D eigenvalue weighted by atomic mass is 9.83. The van der Waals surface area contributed by atoms with Gasteiger partial charge in [0.05, 0.1) is 20.3 Å². The standard InChI is InChI=1S/C23H25ClO8/c1-3-30-16-7-4-13(5-8-16)10-14-11-15(6-9-17(14)24)23-20(27)18(25)19(26)22(32-23,12-31-23)21(28)29-2/h4-9,11,18-20,25-27H,3,10,12H2,1-2H3/t18-,19-,20+,22-,23-/m0/s1. The Bertz CT molecular complexity index is 996. The minimum Gasteiger partial charge on any atom is -0.494 e. The maximum atomic E-state index is 12.4. The lowest BCUT2D eigenvalue weighted by Gasteiger charge is -2.45. The van der Waals surface area contributed by atoms with E-state index in [1.165, 1.54) is 0 Å². The molecule has 2 saturated heterocycles. The number of aliphatic hydroxyl groups is 3. The van der Waals surface area contributed by atoms with E-state index in [1.807, 2.05) is 31.2 Å². The molecule has 4 rings (SSSR count). The largest absolute Gasteiger partial charge is 0.494 e. The van der Waals surface area contributed by atoms with Crippen molar-refractivity contribution in [2.24, 2.45) is 0 Å². The van der Waals surface area contributed by atoms with Crippen LogP contribution in [0.4, 0.5) is 0 Å². The monoisotopic (exact) mass is 464 g/mol. The van der Waals surface area contributed by atoms with Crippen LogP contribution in [0.1, 0.15) is 23.6 Å². The van der Waals surface area contributed by atoms with Crippen LogP contribution in [-0.4, -0.2) is 65.5 Å². The maximum Gasteiger partial charge on any atom is 0.343 e. The summed E-state index contributed by atoms with van der Waals surface area (Å²) in [4.78, 5) is 12.4. The number of aliphatic hydroxyl groups excluding tert-OH is 3. The summed E-state index contributed by atoms with van der Waals surface area (Å²) in [6.45, 7) is 2.09. The van der Waals surface area contributed by atoms with E-state index in [-0.39, 0.29) is 0 Å². The van der Waals surface area contributed by atoms with Gasteiger partial charge in [0.15, 0.2) is 0 Å². The van der Waals surface area contributed by atoms with E-state index in [9.17, 15) is 20.1 Å². The minimum absolute atomic E-state index is 0.354. The van der Waals surface area contributed by atoms with Crippen molar-refractivity contribution in [1.82, 2.24) is 0 Å². The zero-order valence-electron chi connectivity index (χ0n) is 17.7. The van der Waals surface area contributed by atoms with Crippen molar-refractivity contribution in [1.29, 1.82) is 0 Å². The molecular formula is C23H25ClO8. The number of rotatable bonds is 6. The molecule has 8 nitrogen and oxygen atoms in total. The van der Waals surface area contributed by atoms with Crippen molar-refractivity contribution in [2.45, 2.75) is 43.0 Å². The normalized spacial score (nSPS) is 31.4. The van der Waals surface area contributed by atoms with Crippen LogP contribution in [0.15, 0.2) is 42.5 Å². The van der Waals surface area contributed by atoms with Crippen LogP contribution >= 0.6 is 11.6 Å². The molecule has 172 valence electrons. The number of carbonyl (C=O) groups excluding carboxylic acids is 1. The number of ether oxygens (including phenoxy) is 4. The molecule has 2 aliphatic rings. The molecule has 5 atom stereocenters. The van der Waals surface area contributed by atoms with E-state index in [2.05, 4.69) is 0 Å². The van der Waals surface area contributed by atoms with Gasteiger partial charge in [-0.25, -0.2) is 4.79 Å². The second-order valence-electron chi connectivity index (χ2n) is 7.88. The second-order valence-corrected chi connectivity index (χ2v) is 8.29. The molecule has 0 radical (unpaired) electrons. The van der Waals surface area contributed by atoms with Crippen LogP contribution in [-0.2, 0) is 31.2 Å². The van der Waals surface area contributed by atoms with Crippen LogP contribution in [0.3, 0.4) is 0 Å². The fourth-order valence-corrected chi connectivity index (χ4v) is 4.42. The third-order valence-electron chi connectivity index (χ3n) is 5.96. The molecule has 9 heteroatoms. The summed E-state index contributed by atoms with van der Waals surface area (Å²) >= 11 is 6.42. The number of benzene rings is 2. The number of hydrogen-bond acceptors (Lipinski definition) is 8. The molecule has 0 unspecified atom stereocenters. The average molecular weight is 465 g/mol. The van der Waals surface area contributed by atoms with Crippen LogP contribution in [0.5, 0.6) is 5.75 Å². The van der Waals surface area contributed by atoms with Gasteiger partial charge in [-0.15, -0.1) is 0 Å². The highest BCUT2D eigenvalue weighted by atomic mass is 35.5. The molecule has 2 aliphatic heterocycles. The van der Waals surface area contributed by atoms with E-state index in [0.717, 1.165) is 24.0 Å². The zero-order valence-corrected chi connectivity index (χ0v) is 18.4. The highest BCUT2D eigenvalue weighted by molar-refractivity contribution is 6.31. The van der Waals surface area contributed by atoms with E-state index < -0.39 is 42.3 Å². The number of fused-ring (bicyclic) bond motifs is 2. The van der Waals surface area contributed by atoms with Crippen molar-refractivity contribution >= 4 is 17.6 Å². The van der Waals surface area contributed by atoms with E-state index in [1.54, 1.807) is 18.2 Å². The Kier molecular flexibility index (Phi) is 6.19. The van der Waals surface area contributed by atoms with Gasteiger partial charge in [-0.05, 0) is 48.7 Å². The first-order valence-corrected chi connectivity index (χ1v) is 10.6. The highest BCUT2D eigenvalue weighted by Crippen LogP contribution is 2.50. The minimum atomic E-state index is -1.96. The SMILES string of the molecule is CCOc1ccc(Cc2cc([C@]34OC[C@](C(=O)OC)(O3)[C@@H](O)[C@H](O)[C@H]4O)ccc2Cl)cc1. The second kappa shape index (κ2) is 8.62. The summed E-state index contributed by atoms with van der Waals surface area (Å²) in [5, 5.41) is 32.2. The third kappa shape index (κ3) is 3.57. The Morgan fingerprint density at radius 2 is 1.88 bits per heavy atom. The summed E-state index contributed by atoms with van der Waals surface area (Å²) in [5.41, 5.74) is 0.0923. The average Bonchev–Trinajstić information content (AvgIpc) is 3.19. The molecule has 32 heavy (non-hydrogen) atoms.